The summed E-state index contributed by atoms with van der Waals surface area (Å²) in [5.74, 6) is -0.509. The van der Waals surface area contributed by atoms with Gasteiger partial charge in [-0.2, -0.15) is 0 Å². The molecule has 2 aliphatic rings. The van der Waals surface area contributed by atoms with Crippen LogP contribution in [0.3, 0.4) is 0 Å². The third-order valence-corrected chi connectivity index (χ3v) is 5.16. The number of nitrogens with one attached hydrogen (secondary N) is 2. The first-order valence-electron chi connectivity index (χ1n) is 7.90. The first kappa shape index (κ1) is 16.3. The zero-order valence-electron chi connectivity index (χ0n) is 13.4. The van der Waals surface area contributed by atoms with Gasteiger partial charge in [0.15, 0.2) is 5.78 Å². The van der Waals surface area contributed by atoms with Gasteiger partial charge in [0.2, 0.25) is 0 Å². The molecule has 25 heavy (non-hydrogen) atoms. The fourth-order valence-electron chi connectivity index (χ4n) is 3.45. The number of aryl methyl sites for hydroxylation is 1. The van der Waals surface area contributed by atoms with E-state index in [9.17, 15) is 14.0 Å². The number of fused-ring (bicyclic) bond motifs is 1. The van der Waals surface area contributed by atoms with E-state index in [0.29, 0.717) is 34.8 Å². The quantitative estimate of drug-likeness (QED) is 0.801. The van der Waals surface area contributed by atoms with E-state index in [1.54, 1.807) is 16.8 Å². The number of ether oxygens (including phenoxy) is 1. The van der Waals surface area contributed by atoms with Gasteiger partial charge < -0.3 is 10.1 Å². The number of halogens is 2. The minimum Gasteiger partial charge on any atom is -0.367 e. The van der Waals surface area contributed by atoms with Gasteiger partial charge in [-0.1, -0.05) is 6.07 Å². The van der Waals surface area contributed by atoms with Crippen LogP contribution in [0.4, 0.5) is 10.2 Å². The molecule has 1 unspecified atom stereocenters. The molecule has 1 aromatic carbocycles. The molecule has 3 heterocycles. The van der Waals surface area contributed by atoms with Crippen LogP contribution in [-0.4, -0.2) is 28.8 Å². The highest BCUT2D eigenvalue weighted by molar-refractivity contribution is 9.10. The van der Waals surface area contributed by atoms with Gasteiger partial charge in [0, 0.05) is 18.0 Å². The van der Waals surface area contributed by atoms with E-state index >= 15 is 0 Å². The number of aromatic nitrogens is 2. The van der Waals surface area contributed by atoms with Crippen molar-refractivity contribution in [2.45, 2.75) is 19.4 Å². The summed E-state index contributed by atoms with van der Waals surface area (Å²) < 4.78 is 21.0. The monoisotopic (exact) mass is 407 g/mol. The zero-order chi connectivity index (χ0) is 17.7. The molecule has 0 fully saturated rings. The van der Waals surface area contributed by atoms with Gasteiger partial charge in [-0.15, -0.1) is 0 Å². The minimum absolute atomic E-state index is 0.0267. The molecule has 4 rings (SSSR count). The van der Waals surface area contributed by atoms with Crippen LogP contribution in [-0.2, 0) is 16.1 Å². The summed E-state index contributed by atoms with van der Waals surface area (Å²) in [5, 5.41) is 5.96. The number of carbonyl (C=O) groups is 1. The smallest absolute Gasteiger partial charge is 0.270 e. The normalized spacial score (nSPS) is 19.5. The highest BCUT2D eigenvalue weighted by Crippen LogP contribution is 2.42. The third kappa shape index (κ3) is 2.47. The largest absolute Gasteiger partial charge is 0.367 e. The number of hydrogen-bond donors (Lipinski definition) is 2. The SMILES string of the molecule is CCn1[nH]c(=O)c2c1NC1=C(C(=O)COC1)C2c1ccc(F)c(Br)c1. The lowest BCUT2D eigenvalue weighted by Gasteiger charge is -2.32. The highest BCUT2D eigenvalue weighted by Gasteiger charge is 2.39. The number of ketones is 1. The number of Topliss-reactive ketones (excluding diaryl/α,β-unsaturated/α-hetero) is 1. The summed E-state index contributed by atoms with van der Waals surface area (Å²) in [6.45, 7) is 2.71. The van der Waals surface area contributed by atoms with Crippen LogP contribution in [0.2, 0.25) is 0 Å². The summed E-state index contributed by atoms with van der Waals surface area (Å²) in [4.78, 5) is 25.1. The maximum Gasteiger partial charge on any atom is 0.270 e. The first-order valence-corrected chi connectivity index (χ1v) is 8.69. The first-order chi connectivity index (χ1) is 12.0. The molecule has 0 aliphatic carbocycles. The second-order valence-corrected chi connectivity index (χ2v) is 6.84. The summed E-state index contributed by atoms with van der Waals surface area (Å²) in [5.41, 5.74) is 2.04. The molecule has 1 atom stereocenters. The van der Waals surface area contributed by atoms with E-state index in [1.165, 1.54) is 6.07 Å². The molecule has 0 saturated heterocycles. The Labute approximate surface area is 150 Å². The van der Waals surface area contributed by atoms with Crippen molar-refractivity contribution in [1.82, 2.24) is 9.78 Å². The molecular formula is C17H15BrFN3O3. The Balaban J connectivity index is 1.99. The predicted octanol–water partition coefficient (Wildman–Crippen LogP) is 2.51. The van der Waals surface area contributed by atoms with Crippen LogP contribution in [0.15, 0.2) is 38.7 Å². The number of benzene rings is 1. The van der Waals surface area contributed by atoms with Crippen molar-refractivity contribution >= 4 is 27.5 Å². The van der Waals surface area contributed by atoms with E-state index in [4.69, 9.17) is 4.74 Å². The van der Waals surface area contributed by atoms with E-state index in [1.807, 2.05) is 6.92 Å². The van der Waals surface area contributed by atoms with Gasteiger partial charge in [-0.25, -0.2) is 4.39 Å². The fraction of sp³-hybridized carbons (Fsp3) is 0.294. The molecule has 1 aromatic heterocycles. The van der Waals surface area contributed by atoms with E-state index in [0.717, 1.165) is 0 Å². The lowest BCUT2D eigenvalue weighted by atomic mass is 9.80. The van der Waals surface area contributed by atoms with Crippen LogP contribution in [0.25, 0.3) is 0 Å². The Bertz CT molecular complexity index is 976. The number of carbonyl (C=O) groups excluding carboxylic acids is 1. The van der Waals surface area contributed by atoms with Crippen molar-refractivity contribution in [2.24, 2.45) is 0 Å². The molecule has 2 aliphatic heterocycles. The van der Waals surface area contributed by atoms with Gasteiger partial charge in [0.25, 0.3) is 5.56 Å². The molecule has 2 aromatic rings. The second kappa shape index (κ2) is 5.96. The van der Waals surface area contributed by atoms with E-state index in [-0.39, 0.29) is 29.0 Å². The Morgan fingerprint density at radius 2 is 2.16 bits per heavy atom. The zero-order valence-corrected chi connectivity index (χ0v) is 14.9. The highest BCUT2D eigenvalue weighted by atomic mass is 79.9. The average molecular weight is 408 g/mol. The second-order valence-electron chi connectivity index (χ2n) is 5.99. The summed E-state index contributed by atoms with van der Waals surface area (Å²) in [6, 6.07) is 4.55. The topological polar surface area (TPSA) is 76.1 Å². The van der Waals surface area contributed by atoms with Crippen molar-refractivity contribution < 1.29 is 13.9 Å². The van der Waals surface area contributed by atoms with Gasteiger partial charge in [-0.05, 0) is 40.5 Å². The van der Waals surface area contributed by atoms with Crippen LogP contribution < -0.4 is 10.9 Å². The average Bonchev–Trinajstić information content (AvgIpc) is 2.92. The van der Waals surface area contributed by atoms with Crippen LogP contribution >= 0.6 is 15.9 Å². The van der Waals surface area contributed by atoms with E-state index < -0.39 is 11.7 Å². The van der Waals surface area contributed by atoms with Crippen LogP contribution in [0.5, 0.6) is 0 Å². The predicted molar refractivity (Wildman–Crippen MR) is 93.1 cm³/mol. The van der Waals surface area contributed by atoms with Gasteiger partial charge >= 0.3 is 0 Å². The molecule has 0 saturated carbocycles. The van der Waals surface area contributed by atoms with Crippen LogP contribution in [0.1, 0.15) is 24.0 Å². The Morgan fingerprint density at radius 1 is 1.36 bits per heavy atom. The number of rotatable bonds is 2. The lowest BCUT2D eigenvalue weighted by molar-refractivity contribution is -0.121. The van der Waals surface area contributed by atoms with Crippen molar-refractivity contribution in [3.63, 3.8) is 0 Å². The maximum atomic E-state index is 13.7. The molecule has 0 amide bonds. The Morgan fingerprint density at radius 3 is 2.88 bits per heavy atom. The molecule has 0 radical (unpaired) electrons. The summed E-state index contributed by atoms with van der Waals surface area (Å²) >= 11 is 3.19. The summed E-state index contributed by atoms with van der Waals surface area (Å²) in [7, 11) is 0. The summed E-state index contributed by atoms with van der Waals surface area (Å²) in [6.07, 6.45) is 0. The lowest BCUT2D eigenvalue weighted by Crippen LogP contribution is -2.34. The molecule has 2 N–H and O–H groups in total. The number of anilines is 1. The van der Waals surface area contributed by atoms with Crippen molar-refractivity contribution in [1.29, 1.82) is 0 Å². The number of H-pyrrole nitrogens is 1. The Hall–Kier alpha value is -2.19. The molecule has 8 heteroatoms. The Kier molecular flexibility index (Phi) is 3.88. The molecule has 130 valence electrons. The maximum absolute atomic E-state index is 13.7. The molecule has 0 spiro atoms. The van der Waals surface area contributed by atoms with Crippen molar-refractivity contribution in [3.8, 4) is 0 Å². The minimum atomic E-state index is -0.559. The van der Waals surface area contributed by atoms with Crippen molar-refractivity contribution in [3.05, 3.63) is 61.2 Å². The molecule has 6 nitrogen and oxygen atoms in total. The van der Waals surface area contributed by atoms with Gasteiger partial charge in [0.1, 0.15) is 18.2 Å². The number of aromatic amines is 1. The fourth-order valence-corrected chi connectivity index (χ4v) is 3.85. The molecule has 0 bridgehead atoms. The standard InChI is InChI=1S/C17H15BrFN3O3/c1-2-22-16-15(17(24)21-22)13(8-3-4-10(19)9(18)5-8)14-11(20-16)6-25-7-12(14)23/h3-5,13,20H,2,6-7H2,1H3,(H,21,24). The van der Waals surface area contributed by atoms with E-state index in [2.05, 4.69) is 26.3 Å². The van der Waals surface area contributed by atoms with Gasteiger partial charge in [-0.3, -0.25) is 19.4 Å². The molecular weight excluding hydrogens is 393 g/mol. The third-order valence-electron chi connectivity index (χ3n) is 4.55. The van der Waals surface area contributed by atoms with Crippen molar-refractivity contribution in [2.75, 3.05) is 18.5 Å². The number of hydrogen-bond acceptors (Lipinski definition) is 4. The van der Waals surface area contributed by atoms with Crippen LogP contribution in [0, 0.1) is 5.82 Å². The van der Waals surface area contributed by atoms with Gasteiger partial charge in [0.05, 0.1) is 22.3 Å². The number of nitrogens with zero attached hydrogens (tertiary/aromatic N) is 1.